The lowest BCUT2D eigenvalue weighted by molar-refractivity contribution is -0.131. The summed E-state index contributed by atoms with van der Waals surface area (Å²) in [5.74, 6) is 0.882. The molecule has 3 aromatic carbocycles. The van der Waals surface area contributed by atoms with E-state index in [4.69, 9.17) is 9.47 Å². The van der Waals surface area contributed by atoms with Gasteiger partial charge in [-0.2, -0.15) is 5.26 Å². The fourth-order valence-corrected chi connectivity index (χ4v) is 4.32. The Morgan fingerprint density at radius 2 is 1.74 bits per heavy atom. The number of fused-ring (bicyclic) bond motifs is 1. The summed E-state index contributed by atoms with van der Waals surface area (Å²) < 4.78 is 11.4. The van der Waals surface area contributed by atoms with E-state index in [1.165, 1.54) is 4.90 Å². The van der Waals surface area contributed by atoms with Gasteiger partial charge in [-0.3, -0.25) is 9.69 Å². The van der Waals surface area contributed by atoms with Gasteiger partial charge < -0.3 is 14.8 Å². The molecule has 0 spiro atoms. The van der Waals surface area contributed by atoms with E-state index in [2.05, 4.69) is 11.4 Å². The van der Waals surface area contributed by atoms with Crippen molar-refractivity contribution in [1.29, 1.82) is 5.26 Å². The van der Waals surface area contributed by atoms with Crippen LogP contribution >= 0.6 is 0 Å². The topological polar surface area (TPSA) is 91.7 Å². The monoisotopic (exact) mass is 453 g/mol. The SMILES string of the molecule is CC1(c2ccc3c(c2)OCCCO3)NC(=O)N(Cc2ccc(-c3ccccc3C#N)cc2)C1=O. The number of urea groups is 1. The van der Waals surface area contributed by atoms with Gasteiger partial charge in [0.05, 0.1) is 31.4 Å². The maximum atomic E-state index is 13.4. The highest BCUT2D eigenvalue weighted by molar-refractivity contribution is 6.07. The van der Waals surface area contributed by atoms with Crippen molar-refractivity contribution >= 4 is 11.9 Å². The van der Waals surface area contributed by atoms with Gasteiger partial charge in [-0.05, 0) is 47.4 Å². The molecule has 0 saturated carbocycles. The number of rotatable bonds is 4. The maximum Gasteiger partial charge on any atom is 0.325 e. The van der Waals surface area contributed by atoms with Gasteiger partial charge in [0.2, 0.25) is 0 Å². The molecule has 2 aliphatic heterocycles. The van der Waals surface area contributed by atoms with Crippen LogP contribution in [0.5, 0.6) is 11.5 Å². The molecule has 3 aromatic rings. The summed E-state index contributed by atoms with van der Waals surface area (Å²) >= 11 is 0. The molecule has 0 bridgehead atoms. The first-order valence-electron chi connectivity index (χ1n) is 11.1. The van der Waals surface area contributed by atoms with E-state index in [0.29, 0.717) is 35.8 Å². The molecule has 1 saturated heterocycles. The largest absolute Gasteiger partial charge is 0.490 e. The first-order valence-corrected chi connectivity index (χ1v) is 11.1. The molecule has 0 aromatic heterocycles. The molecule has 5 rings (SSSR count). The van der Waals surface area contributed by atoms with E-state index >= 15 is 0 Å². The standard InChI is InChI=1S/C27H23N3O4/c1-27(21-11-12-23-24(15-21)34-14-4-13-33-23)25(31)30(26(32)29-27)17-18-7-9-19(10-8-18)22-6-3-2-5-20(22)16-28/h2-3,5-12,15H,4,13-14,17H2,1H3,(H,29,32). The zero-order valence-electron chi connectivity index (χ0n) is 18.7. The second kappa shape index (κ2) is 8.56. The van der Waals surface area contributed by atoms with E-state index in [9.17, 15) is 14.9 Å². The Kier molecular flexibility index (Phi) is 5.42. The van der Waals surface area contributed by atoms with Crippen LogP contribution in [0.15, 0.2) is 66.7 Å². The molecule has 3 amide bonds. The highest BCUT2D eigenvalue weighted by atomic mass is 16.5. The molecule has 1 unspecified atom stereocenters. The smallest absolute Gasteiger partial charge is 0.325 e. The number of nitrogens with one attached hydrogen (secondary N) is 1. The second-order valence-corrected chi connectivity index (χ2v) is 8.51. The zero-order valence-corrected chi connectivity index (χ0v) is 18.7. The Hall–Kier alpha value is -4.31. The maximum absolute atomic E-state index is 13.4. The number of hydrogen-bond donors (Lipinski definition) is 1. The number of amides is 3. The summed E-state index contributed by atoms with van der Waals surface area (Å²) in [6.07, 6.45) is 0.783. The minimum absolute atomic E-state index is 0.144. The number of ether oxygens (including phenoxy) is 2. The van der Waals surface area contributed by atoms with E-state index < -0.39 is 11.6 Å². The van der Waals surface area contributed by atoms with Crippen molar-refractivity contribution < 1.29 is 19.1 Å². The van der Waals surface area contributed by atoms with Gasteiger partial charge in [0.15, 0.2) is 11.5 Å². The third-order valence-electron chi connectivity index (χ3n) is 6.25. The van der Waals surface area contributed by atoms with Crippen LogP contribution in [-0.4, -0.2) is 30.1 Å². The minimum atomic E-state index is -1.20. The predicted octanol–water partition coefficient (Wildman–Crippen LogP) is 4.35. The van der Waals surface area contributed by atoms with Crippen LogP contribution in [0.4, 0.5) is 4.79 Å². The van der Waals surface area contributed by atoms with Crippen LogP contribution < -0.4 is 14.8 Å². The number of imide groups is 1. The van der Waals surface area contributed by atoms with Crippen LogP contribution in [0.3, 0.4) is 0 Å². The highest BCUT2D eigenvalue weighted by Gasteiger charge is 2.49. The minimum Gasteiger partial charge on any atom is -0.490 e. The third kappa shape index (κ3) is 3.73. The van der Waals surface area contributed by atoms with Gasteiger partial charge in [0.25, 0.3) is 5.91 Å². The van der Waals surface area contributed by atoms with Gasteiger partial charge >= 0.3 is 6.03 Å². The van der Waals surface area contributed by atoms with E-state index in [-0.39, 0.29) is 12.5 Å². The van der Waals surface area contributed by atoms with Crippen LogP contribution in [-0.2, 0) is 16.9 Å². The predicted molar refractivity (Wildman–Crippen MR) is 125 cm³/mol. The molecular formula is C27H23N3O4. The van der Waals surface area contributed by atoms with E-state index in [1.54, 1.807) is 31.2 Å². The Morgan fingerprint density at radius 1 is 1.00 bits per heavy atom. The zero-order chi connectivity index (χ0) is 23.7. The summed E-state index contributed by atoms with van der Waals surface area (Å²) in [6, 6.07) is 22.0. The number of nitriles is 1. The summed E-state index contributed by atoms with van der Waals surface area (Å²) in [5, 5.41) is 12.2. The first-order chi connectivity index (χ1) is 16.5. The molecule has 7 heteroatoms. The van der Waals surface area contributed by atoms with Gasteiger partial charge in [0, 0.05) is 6.42 Å². The normalized spacial score (nSPS) is 19.4. The van der Waals surface area contributed by atoms with Gasteiger partial charge in [-0.1, -0.05) is 48.5 Å². The molecule has 0 radical (unpaired) electrons. The van der Waals surface area contributed by atoms with Gasteiger partial charge in [0.1, 0.15) is 5.54 Å². The molecular weight excluding hydrogens is 430 g/mol. The lowest BCUT2D eigenvalue weighted by Gasteiger charge is -2.23. The van der Waals surface area contributed by atoms with Crippen LogP contribution in [0.2, 0.25) is 0 Å². The van der Waals surface area contributed by atoms with Crippen LogP contribution in [0, 0.1) is 11.3 Å². The van der Waals surface area contributed by atoms with Crippen molar-refractivity contribution in [2.45, 2.75) is 25.4 Å². The lowest BCUT2D eigenvalue weighted by Crippen LogP contribution is -2.40. The van der Waals surface area contributed by atoms with Crippen LogP contribution in [0.1, 0.15) is 30.0 Å². The molecule has 1 fully saturated rings. The van der Waals surface area contributed by atoms with Crippen molar-refractivity contribution in [1.82, 2.24) is 10.2 Å². The van der Waals surface area contributed by atoms with Crippen molar-refractivity contribution in [2.75, 3.05) is 13.2 Å². The molecule has 34 heavy (non-hydrogen) atoms. The Balaban J connectivity index is 1.37. The number of nitrogens with zero attached hydrogens (tertiary/aromatic N) is 2. The summed E-state index contributed by atoms with van der Waals surface area (Å²) in [4.78, 5) is 27.4. The molecule has 2 aliphatic rings. The third-order valence-corrected chi connectivity index (χ3v) is 6.25. The van der Waals surface area contributed by atoms with E-state index in [0.717, 1.165) is 23.1 Å². The Bertz CT molecular complexity index is 1310. The summed E-state index contributed by atoms with van der Waals surface area (Å²) in [5.41, 5.74) is 2.58. The van der Waals surface area contributed by atoms with Crippen LogP contribution in [0.25, 0.3) is 11.1 Å². The second-order valence-electron chi connectivity index (χ2n) is 8.51. The van der Waals surface area contributed by atoms with E-state index in [1.807, 2.05) is 42.5 Å². The number of hydrogen-bond acceptors (Lipinski definition) is 5. The average Bonchev–Trinajstić information content (AvgIpc) is 3.02. The Morgan fingerprint density at radius 3 is 2.50 bits per heavy atom. The number of benzene rings is 3. The average molecular weight is 453 g/mol. The number of carbonyl (C=O) groups excluding carboxylic acids is 2. The summed E-state index contributed by atoms with van der Waals surface area (Å²) in [7, 11) is 0. The highest BCUT2D eigenvalue weighted by Crippen LogP contribution is 2.37. The lowest BCUT2D eigenvalue weighted by atomic mass is 9.91. The number of carbonyl (C=O) groups is 2. The fourth-order valence-electron chi connectivity index (χ4n) is 4.32. The van der Waals surface area contributed by atoms with Gasteiger partial charge in [-0.25, -0.2) is 4.79 Å². The van der Waals surface area contributed by atoms with Crippen molar-refractivity contribution in [3.05, 3.63) is 83.4 Å². The Labute approximate surface area is 197 Å². The molecule has 2 heterocycles. The first kappa shape index (κ1) is 21.5. The van der Waals surface area contributed by atoms with Gasteiger partial charge in [-0.15, -0.1) is 0 Å². The molecule has 7 nitrogen and oxygen atoms in total. The quantitative estimate of drug-likeness (QED) is 0.593. The fraction of sp³-hybridized carbons (Fsp3) is 0.222. The molecule has 1 atom stereocenters. The van der Waals surface area contributed by atoms with Crippen molar-refractivity contribution in [3.63, 3.8) is 0 Å². The molecule has 1 N–H and O–H groups in total. The van der Waals surface area contributed by atoms with Crippen molar-refractivity contribution in [2.24, 2.45) is 0 Å². The summed E-state index contributed by atoms with van der Waals surface area (Å²) in [6.45, 7) is 2.96. The molecule has 170 valence electrons. The molecule has 0 aliphatic carbocycles. The van der Waals surface area contributed by atoms with Crippen molar-refractivity contribution in [3.8, 4) is 28.7 Å².